The van der Waals surface area contributed by atoms with Gasteiger partial charge in [-0.05, 0) is 12.0 Å². The van der Waals surface area contributed by atoms with Crippen LogP contribution < -0.4 is 0 Å². The lowest BCUT2D eigenvalue weighted by Crippen LogP contribution is -2.30. The third-order valence-corrected chi connectivity index (χ3v) is 3.54. The molecular formula is C13H16N2OS. The molecule has 0 aliphatic carbocycles. The van der Waals surface area contributed by atoms with Crippen molar-refractivity contribution < 1.29 is 4.79 Å². The Kier molecular flexibility index (Phi) is 4.20. The van der Waals surface area contributed by atoms with E-state index < -0.39 is 0 Å². The van der Waals surface area contributed by atoms with Gasteiger partial charge in [-0.25, -0.2) is 0 Å². The van der Waals surface area contributed by atoms with Gasteiger partial charge in [0.25, 0.3) is 0 Å². The molecule has 90 valence electrons. The summed E-state index contributed by atoms with van der Waals surface area (Å²) in [6.45, 7) is 3.50. The van der Waals surface area contributed by atoms with Gasteiger partial charge in [0.1, 0.15) is 0 Å². The van der Waals surface area contributed by atoms with E-state index in [1.165, 1.54) is 5.56 Å². The van der Waals surface area contributed by atoms with E-state index in [1.54, 1.807) is 16.7 Å². The maximum atomic E-state index is 11.6. The Morgan fingerprint density at radius 3 is 2.82 bits per heavy atom. The minimum absolute atomic E-state index is 0.184. The zero-order valence-electron chi connectivity index (χ0n) is 9.93. The fraction of sp³-hybridized carbons (Fsp3) is 0.385. The lowest BCUT2D eigenvalue weighted by Gasteiger charge is -2.14. The molecule has 17 heavy (non-hydrogen) atoms. The molecule has 0 aromatic heterocycles. The van der Waals surface area contributed by atoms with E-state index >= 15 is 0 Å². The van der Waals surface area contributed by atoms with Crippen molar-refractivity contribution >= 4 is 22.8 Å². The summed E-state index contributed by atoms with van der Waals surface area (Å²) in [5, 5.41) is 0.876. The first kappa shape index (κ1) is 12.2. The second-order valence-corrected chi connectivity index (χ2v) is 4.86. The molecule has 1 aromatic rings. The van der Waals surface area contributed by atoms with E-state index in [4.69, 9.17) is 0 Å². The summed E-state index contributed by atoms with van der Waals surface area (Å²) in [6, 6.07) is 10.1. The van der Waals surface area contributed by atoms with Gasteiger partial charge in [-0.15, -0.1) is 0 Å². The van der Waals surface area contributed by atoms with E-state index in [2.05, 4.69) is 24.0 Å². The summed E-state index contributed by atoms with van der Waals surface area (Å²) in [4.78, 5) is 17.9. The Labute approximate surface area is 106 Å². The Balaban J connectivity index is 2.04. The molecule has 0 atom stereocenters. The normalized spacial score (nSPS) is 18.1. The quantitative estimate of drug-likeness (QED) is 0.820. The maximum absolute atomic E-state index is 11.6. The third kappa shape index (κ3) is 3.09. The summed E-state index contributed by atoms with van der Waals surface area (Å²) >= 11 is 1.54. The van der Waals surface area contributed by atoms with Crippen molar-refractivity contribution in [2.24, 2.45) is 4.99 Å². The van der Waals surface area contributed by atoms with Crippen LogP contribution in [0.15, 0.2) is 35.3 Å². The molecule has 0 bridgehead atoms. The van der Waals surface area contributed by atoms with Crippen LogP contribution in [0.25, 0.3) is 0 Å². The number of aliphatic imine (C=N–C) groups is 1. The molecule has 1 aliphatic heterocycles. The SMILES string of the molecule is CCCN1C(=O)CSC1=NCc1ccccc1. The van der Waals surface area contributed by atoms with Crippen molar-refractivity contribution in [2.75, 3.05) is 12.3 Å². The van der Waals surface area contributed by atoms with Crippen LogP contribution in [0.5, 0.6) is 0 Å². The molecule has 1 fully saturated rings. The van der Waals surface area contributed by atoms with Crippen LogP contribution in [0, 0.1) is 0 Å². The van der Waals surface area contributed by atoms with Crippen LogP contribution in [0.3, 0.4) is 0 Å². The third-order valence-electron chi connectivity index (χ3n) is 2.54. The molecule has 1 heterocycles. The molecule has 0 spiro atoms. The van der Waals surface area contributed by atoms with Gasteiger partial charge in [-0.1, -0.05) is 49.0 Å². The highest BCUT2D eigenvalue weighted by Crippen LogP contribution is 2.20. The molecule has 4 heteroatoms. The summed E-state index contributed by atoms with van der Waals surface area (Å²) in [5.74, 6) is 0.719. The number of hydrogen-bond acceptors (Lipinski definition) is 3. The second-order valence-electron chi connectivity index (χ2n) is 3.92. The van der Waals surface area contributed by atoms with Crippen molar-refractivity contribution in [1.82, 2.24) is 4.90 Å². The van der Waals surface area contributed by atoms with Crippen molar-refractivity contribution in [2.45, 2.75) is 19.9 Å². The molecule has 0 radical (unpaired) electrons. The van der Waals surface area contributed by atoms with E-state index in [9.17, 15) is 4.79 Å². The van der Waals surface area contributed by atoms with Gasteiger partial charge in [0.2, 0.25) is 5.91 Å². The lowest BCUT2D eigenvalue weighted by atomic mass is 10.2. The van der Waals surface area contributed by atoms with Crippen LogP contribution in [0.4, 0.5) is 0 Å². The fourth-order valence-electron chi connectivity index (χ4n) is 1.71. The predicted octanol–water partition coefficient (Wildman–Crippen LogP) is 2.53. The van der Waals surface area contributed by atoms with Crippen LogP contribution >= 0.6 is 11.8 Å². The minimum atomic E-state index is 0.184. The number of hydrogen-bond donors (Lipinski definition) is 0. The first-order valence-electron chi connectivity index (χ1n) is 5.83. The maximum Gasteiger partial charge on any atom is 0.239 e. The fourth-order valence-corrected chi connectivity index (χ4v) is 2.62. The molecule has 1 aliphatic rings. The average Bonchev–Trinajstić information content (AvgIpc) is 2.70. The monoisotopic (exact) mass is 248 g/mol. The number of thioether (sulfide) groups is 1. The van der Waals surface area contributed by atoms with Crippen LogP contribution in [0.2, 0.25) is 0 Å². The number of carbonyl (C=O) groups excluding carboxylic acids is 1. The summed E-state index contributed by atoms with van der Waals surface area (Å²) < 4.78 is 0. The van der Waals surface area contributed by atoms with E-state index in [0.29, 0.717) is 12.3 Å². The molecule has 0 saturated carbocycles. The standard InChI is InChI=1S/C13H16N2OS/c1-2-8-15-12(16)10-17-13(15)14-9-11-6-4-3-5-7-11/h3-7H,2,8-10H2,1H3. The van der Waals surface area contributed by atoms with Gasteiger partial charge in [-0.3, -0.25) is 14.7 Å². The molecular weight excluding hydrogens is 232 g/mol. The van der Waals surface area contributed by atoms with Crippen LogP contribution in [-0.4, -0.2) is 28.3 Å². The van der Waals surface area contributed by atoms with E-state index in [-0.39, 0.29) is 5.91 Å². The largest absolute Gasteiger partial charge is 0.291 e. The first-order valence-corrected chi connectivity index (χ1v) is 6.81. The lowest BCUT2D eigenvalue weighted by molar-refractivity contribution is -0.124. The number of carbonyl (C=O) groups is 1. The number of rotatable bonds is 4. The highest BCUT2D eigenvalue weighted by molar-refractivity contribution is 8.15. The highest BCUT2D eigenvalue weighted by atomic mass is 32.2. The second kappa shape index (κ2) is 5.87. The topological polar surface area (TPSA) is 32.7 Å². The van der Waals surface area contributed by atoms with Gasteiger partial charge in [-0.2, -0.15) is 0 Å². The number of amides is 1. The van der Waals surface area contributed by atoms with E-state index in [1.807, 2.05) is 18.2 Å². The Hall–Kier alpha value is -1.29. The zero-order chi connectivity index (χ0) is 12.1. The van der Waals surface area contributed by atoms with E-state index in [0.717, 1.165) is 18.1 Å². The molecule has 1 amide bonds. The van der Waals surface area contributed by atoms with Gasteiger partial charge < -0.3 is 0 Å². The molecule has 0 N–H and O–H groups in total. The van der Waals surface area contributed by atoms with Gasteiger partial charge in [0.15, 0.2) is 5.17 Å². The van der Waals surface area contributed by atoms with Crippen molar-refractivity contribution in [1.29, 1.82) is 0 Å². The van der Waals surface area contributed by atoms with Crippen molar-refractivity contribution in [3.8, 4) is 0 Å². The highest BCUT2D eigenvalue weighted by Gasteiger charge is 2.26. The van der Waals surface area contributed by atoms with Crippen molar-refractivity contribution in [3.05, 3.63) is 35.9 Å². The van der Waals surface area contributed by atoms with Crippen LogP contribution in [-0.2, 0) is 11.3 Å². The van der Waals surface area contributed by atoms with Crippen molar-refractivity contribution in [3.63, 3.8) is 0 Å². The summed E-state index contributed by atoms with van der Waals surface area (Å²) in [6.07, 6.45) is 0.969. The Bertz CT molecular complexity index is 417. The first-order chi connectivity index (χ1) is 8.31. The van der Waals surface area contributed by atoms with Gasteiger partial charge >= 0.3 is 0 Å². The Morgan fingerprint density at radius 1 is 1.35 bits per heavy atom. The average molecular weight is 248 g/mol. The summed E-state index contributed by atoms with van der Waals surface area (Å²) in [7, 11) is 0. The minimum Gasteiger partial charge on any atom is -0.291 e. The smallest absolute Gasteiger partial charge is 0.239 e. The number of amidine groups is 1. The molecule has 0 unspecified atom stereocenters. The predicted molar refractivity (Wildman–Crippen MR) is 72.0 cm³/mol. The summed E-state index contributed by atoms with van der Waals surface area (Å²) in [5.41, 5.74) is 1.18. The number of nitrogens with zero attached hydrogens (tertiary/aromatic N) is 2. The molecule has 1 aromatic carbocycles. The molecule has 3 nitrogen and oxygen atoms in total. The molecule has 2 rings (SSSR count). The van der Waals surface area contributed by atoms with Gasteiger partial charge in [0.05, 0.1) is 12.3 Å². The van der Waals surface area contributed by atoms with Crippen LogP contribution in [0.1, 0.15) is 18.9 Å². The zero-order valence-corrected chi connectivity index (χ0v) is 10.7. The molecule has 1 saturated heterocycles. The van der Waals surface area contributed by atoms with Gasteiger partial charge in [0, 0.05) is 6.54 Å². The Morgan fingerprint density at radius 2 is 2.12 bits per heavy atom. The number of benzene rings is 1.